The highest BCUT2D eigenvalue weighted by atomic mass is 79.9. The van der Waals surface area contributed by atoms with Gasteiger partial charge < -0.3 is 0 Å². The van der Waals surface area contributed by atoms with E-state index in [1.54, 1.807) is 16.8 Å². The van der Waals surface area contributed by atoms with Crippen LogP contribution in [0.1, 0.15) is 5.82 Å². The topological polar surface area (TPSA) is 30.7 Å². The lowest BCUT2D eigenvalue weighted by molar-refractivity contribution is 0.508. The van der Waals surface area contributed by atoms with Gasteiger partial charge in [-0.05, 0) is 34.1 Å². The van der Waals surface area contributed by atoms with E-state index in [0.29, 0.717) is 22.7 Å². The standard InChI is InChI=1S/C13H7BrClF2N3/c14-7-3-11-13(18-6-7)20(12(5-15)19-11)8-1-2-9(16)10(17)4-8/h1-4,6H,5H2. The van der Waals surface area contributed by atoms with Crippen LogP contribution in [-0.2, 0) is 5.88 Å². The minimum atomic E-state index is -0.929. The number of pyridine rings is 1. The van der Waals surface area contributed by atoms with E-state index in [1.807, 2.05) is 0 Å². The molecular formula is C13H7BrClF2N3. The Morgan fingerprint density at radius 1 is 1.20 bits per heavy atom. The Bertz CT molecular complexity index is 804. The fourth-order valence-corrected chi connectivity index (χ4v) is 2.47. The Kier molecular flexibility index (Phi) is 3.43. The molecule has 0 amide bonds. The first-order valence-electron chi connectivity index (χ1n) is 5.64. The van der Waals surface area contributed by atoms with Crippen LogP contribution in [0.3, 0.4) is 0 Å². The number of rotatable bonds is 2. The maximum atomic E-state index is 13.4. The molecule has 0 saturated heterocycles. The van der Waals surface area contributed by atoms with Crippen molar-refractivity contribution < 1.29 is 8.78 Å². The van der Waals surface area contributed by atoms with Crippen molar-refractivity contribution in [3.05, 3.63) is 52.4 Å². The van der Waals surface area contributed by atoms with Crippen molar-refractivity contribution in [2.24, 2.45) is 0 Å². The predicted molar refractivity (Wildman–Crippen MR) is 76.0 cm³/mol. The van der Waals surface area contributed by atoms with Crippen LogP contribution in [-0.4, -0.2) is 14.5 Å². The number of aromatic nitrogens is 3. The van der Waals surface area contributed by atoms with Gasteiger partial charge in [0.25, 0.3) is 0 Å². The molecule has 3 rings (SSSR count). The van der Waals surface area contributed by atoms with Crippen LogP contribution in [0.5, 0.6) is 0 Å². The fourth-order valence-electron chi connectivity index (χ4n) is 1.97. The molecule has 0 aliphatic carbocycles. The van der Waals surface area contributed by atoms with Crippen LogP contribution in [0.25, 0.3) is 16.9 Å². The second-order valence-corrected chi connectivity index (χ2v) is 5.27. The molecule has 7 heteroatoms. The van der Waals surface area contributed by atoms with Gasteiger partial charge in [0.05, 0.1) is 11.6 Å². The molecule has 2 heterocycles. The summed E-state index contributed by atoms with van der Waals surface area (Å²) in [5, 5.41) is 0. The third-order valence-electron chi connectivity index (χ3n) is 2.81. The number of nitrogens with zero attached hydrogens (tertiary/aromatic N) is 3. The van der Waals surface area contributed by atoms with Crippen molar-refractivity contribution >= 4 is 38.7 Å². The first-order valence-corrected chi connectivity index (χ1v) is 6.97. The smallest absolute Gasteiger partial charge is 0.164 e. The van der Waals surface area contributed by atoms with Gasteiger partial charge in [0.15, 0.2) is 17.3 Å². The van der Waals surface area contributed by atoms with E-state index in [4.69, 9.17) is 11.6 Å². The third kappa shape index (κ3) is 2.19. The second-order valence-electron chi connectivity index (χ2n) is 4.09. The van der Waals surface area contributed by atoms with Crippen LogP contribution < -0.4 is 0 Å². The SMILES string of the molecule is Fc1ccc(-n2c(CCl)nc3cc(Br)cnc32)cc1F. The van der Waals surface area contributed by atoms with Gasteiger partial charge in [-0.25, -0.2) is 18.7 Å². The highest BCUT2D eigenvalue weighted by Gasteiger charge is 2.14. The highest BCUT2D eigenvalue weighted by Crippen LogP contribution is 2.24. The predicted octanol–water partition coefficient (Wildman–Crippen LogP) is 4.20. The summed E-state index contributed by atoms with van der Waals surface area (Å²) in [4.78, 5) is 8.60. The molecule has 0 radical (unpaired) electrons. The average molecular weight is 359 g/mol. The molecule has 2 aromatic heterocycles. The summed E-state index contributed by atoms with van der Waals surface area (Å²) in [6.45, 7) is 0. The summed E-state index contributed by atoms with van der Waals surface area (Å²) >= 11 is 9.18. The van der Waals surface area contributed by atoms with Crippen LogP contribution in [0.15, 0.2) is 34.9 Å². The number of alkyl halides is 1. The highest BCUT2D eigenvalue weighted by molar-refractivity contribution is 9.10. The van der Waals surface area contributed by atoms with E-state index in [-0.39, 0.29) is 5.88 Å². The average Bonchev–Trinajstić information content (AvgIpc) is 2.79. The maximum Gasteiger partial charge on any atom is 0.164 e. The van der Waals surface area contributed by atoms with E-state index in [0.717, 1.165) is 16.6 Å². The Morgan fingerprint density at radius 2 is 2.00 bits per heavy atom. The monoisotopic (exact) mass is 357 g/mol. The summed E-state index contributed by atoms with van der Waals surface area (Å²) in [7, 11) is 0. The van der Waals surface area contributed by atoms with E-state index in [2.05, 4.69) is 25.9 Å². The van der Waals surface area contributed by atoms with Gasteiger partial charge in [0.1, 0.15) is 11.3 Å². The lowest BCUT2D eigenvalue weighted by Crippen LogP contribution is -2.01. The quantitative estimate of drug-likeness (QED) is 0.643. The Hall–Kier alpha value is -1.53. The zero-order valence-corrected chi connectivity index (χ0v) is 12.3. The minimum Gasteiger partial charge on any atom is -0.280 e. The molecule has 3 nitrogen and oxygen atoms in total. The summed E-state index contributed by atoms with van der Waals surface area (Å²) in [5.41, 5.74) is 1.59. The number of imidazole rings is 1. The van der Waals surface area contributed by atoms with Crippen molar-refractivity contribution in [1.29, 1.82) is 0 Å². The molecule has 1 aromatic carbocycles. The van der Waals surface area contributed by atoms with Crippen LogP contribution in [0.2, 0.25) is 0 Å². The summed E-state index contributed by atoms with van der Waals surface area (Å²) in [5.74, 6) is -1.19. The minimum absolute atomic E-state index is 0.132. The third-order valence-corrected chi connectivity index (χ3v) is 3.49. The Labute approximate surface area is 126 Å². The number of hydrogen-bond acceptors (Lipinski definition) is 2. The number of halogens is 4. The van der Waals surface area contributed by atoms with Gasteiger partial charge in [0.2, 0.25) is 0 Å². The van der Waals surface area contributed by atoms with Gasteiger partial charge in [-0.1, -0.05) is 0 Å². The molecule has 3 aromatic rings. The van der Waals surface area contributed by atoms with Gasteiger partial charge in [-0.2, -0.15) is 0 Å². The molecule has 102 valence electrons. The molecule has 0 unspecified atom stereocenters. The molecule has 0 bridgehead atoms. The fraction of sp³-hybridized carbons (Fsp3) is 0.0769. The molecule has 0 aliphatic heterocycles. The van der Waals surface area contributed by atoms with Crippen molar-refractivity contribution in [2.75, 3.05) is 0 Å². The summed E-state index contributed by atoms with van der Waals surface area (Å²) in [6.07, 6.45) is 1.61. The zero-order valence-electron chi connectivity index (χ0n) is 9.95. The first-order chi connectivity index (χ1) is 9.60. The normalized spacial score (nSPS) is 11.2. The van der Waals surface area contributed by atoms with Crippen LogP contribution >= 0.6 is 27.5 Å². The van der Waals surface area contributed by atoms with Crippen molar-refractivity contribution in [3.8, 4) is 5.69 Å². The first kappa shape index (κ1) is 13.5. The van der Waals surface area contributed by atoms with E-state index >= 15 is 0 Å². The van der Waals surface area contributed by atoms with Crippen molar-refractivity contribution in [1.82, 2.24) is 14.5 Å². The van der Waals surface area contributed by atoms with E-state index in [1.165, 1.54) is 6.07 Å². The van der Waals surface area contributed by atoms with E-state index in [9.17, 15) is 8.78 Å². The van der Waals surface area contributed by atoms with E-state index < -0.39 is 11.6 Å². The summed E-state index contributed by atoms with van der Waals surface area (Å²) in [6, 6.07) is 5.40. The molecule has 0 fully saturated rings. The Balaban J connectivity index is 2.30. The molecule has 20 heavy (non-hydrogen) atoms. The second kappa shape index (κ2) is 5.10. The Morgan fingerprint density at radius 3 is 2.70 bits per heavy atom. The molecule has 0 N–H and O–H groups in total. The lowest BCUT2D eigenvalue weighted by Gasteiger charge is -2.07. The van der Waals surface area contributed by atoms with Gasteiger partial charge >= 0.3 is 0 Å². The maximum absolute atomic E-state index is 13.4. The molecule has 0 spiro atoms. The molecular weight excluding hydrogens is 352 g/mol. The largest absolute Gasteiger partial charge is 0.280 e. The van der Waals surface area contributed by atoms with Gasteiger partial charge in [-0.3, -0.25) is 4.57 Å². The number of fused-ring (bicyclic) bond motifs is 1. The van der Waals surface area contributed by atoms with Crippen LogP contribution in [0, 0.1) is 11.6 Å². The van der Waals surface area contributed by atoms with Crippen molar-refractivity contribution in [3.63, 3.8) is 0 Å². The number of hydrogen-bond donors (Lipinski definition) is 0. The van der Waals surface area contributed by atoms with Gasteiger partial charge in [-0.15, -0.1) is 11.6 Å². The zero-order chi connectivity index (χ0) is 14.3. The molecule has 0 saturated carbocycles. The molecule has 0 aliphatic rings. The van der Waals surface area contributed by atoms with Crippen molar-refractivity contribution in [2.45, 2.75) is 5.88 Å². The summed E-state index contributed by atoms with van der Waals surface area (Å²) < 4.78 is 28.8. The van der Waals surface area contributed by atoms with Crippen LogP contribution in [0.4, 0.5) is 8.78 Å². The molecule has 0 atom stereocenters. The number of benzene rings is 1. The lowest BCUT2D eigenvalue weighted by atomic mass is 10.3. The van der Waals surface area contributed by atoms with Gasteiger partial charge in [0, 0.05) is 16.7 Å².